The van der Waals surface area contributed by atoms with Crippen LogP contribution in [0, 0.1) is 5.82 Å². The molecule has 0 bridgehead atoms. The third-order valence-electron chi connectivity index (χ3n) is 4.47. The first-order valence-corrected chi connectivity index (χ1v) is 9.42. The molecule has 2 heterocycles. The second-order valence-corrected chi connectivity index (χ2v) is 6.80. The molecule has 2 aromatic heterocycles. The maximum atomic E-state index is 14.6. The number of anilines is 2. The van der Waals surface area contributed by atoms with Gasteiger partial charge in [-0.25, -0.2) is 19.4 Å². The van der Waals surface area contributed by atoms with E-state index in [1.165, 1.54) is 36.2 Å². The van der Waals surface area contributed by atoms with Crippen LogP contribution in [0.2, 0.25) is 0 Å². The Morgan fingerprint density at radius 3 is 2.67 bits per heavy atom. The SMILES string of the molecule is CCNC(=O)c1cn2ncnc(Nc3c(F)cccc3C(=O)NOC)c2c1C(C)C. The lowest BCUT2D eigenvalue weighted by molar-refractivity contribution is 0.0538. The van der Waals surface area contributed by atoms with Crippen LogP contribution in [0.25, 0.3) is 5.52 Å². The number of fused-ring (bicyclic) bond motifs is 1. The molecule has 2 amide bonds. The van der Waals surface area contributed by atoms with Gasteiger partial charge in [-0.2, -0.15) is 5.10 Å². The number of halogens is 1. The zero-order chi connectivity index (χ0) is 21.8. The fourth-order valence-corrected chi connectivity index (χ4v) is 3.25. The summed E-state index contributed by atoms with van der Waals surface area (Å²) in [6, 6.07) is 4.11. The quantitative estimate of drug-likeness (QED) is 0.513. The fraction of sp³-hybridized carbons (Fsp3) is 0.300. The number of para-hydroxylation sites is 1. The van der Waals surface area contributed by atoms with Crippen LogP contribution < -0.4 is 16.1 Å². The summed E-state index contributed by atoms with van der Waals surface area (Å²) < 4.78 is 16.2. The molecule has 30 heavy (non-hydrogen) atoms. The third-order valence-corrected chi connectivity index (χ3v) is 4.47. The van der Waals surface area contributed by atoms with Crippen molar-refractivity contribution in [2.75, 3.05) is 19.0 Å². The molecule has 3 aromatic rings. The normalized spacial score (nSPS) is 11.0. The Balaban J connectivity index is 2.17. The smallest absolute Gasteiger partial charge is 0.277 e. The molecular formula is C20H23FN6O3. The summed E-state index contributed by atoms with van der Waals surface area (Å²) >= 11 is 0. The van der Waals surface area contributed by atoms with Crippen LogP contribution in [0.4, 0.5) is 15.9 Å². The average Bonchev–Trinajstić information content (AvgIpc) is 3.11. The van der Waals surface area contributed by atoms with E-state index in [0.717, 1.165) is 0 Å². The topological polar surface area (TPSA) is 110 Å². The van der Waals surface area contributed by atoms with Crippen molar-refractivity contribution in [3.05, 3.63) is 53.2 Å². The van der Waals surface area contributed by atoms with Crippen molar-refractivity contribution in [2.24, 2.45) is 0 Å². The molecule has 0 aliphatic heterocycles. The van der Waals surface area contributed by atoms with Crippen LogP contribution in [0.15, 0.2) is 30.7 Å². The van der Waals surface area contributed by atoms with Gasteiger partial charge in [-0.15, -0.1) is 0 Å². The Kier molecular flexibility index (Phi) is 6.26. The number of nitrogens with zero attached hydrogens (tertiary/aromatic N) is 3. The van der Waals surface area contributed by atoms with Crippen LogP contribution in [0.5, 0.6) is 0 Å². The van der Waals surface area contributed by atoms with Crippen molar-refractivity contribution in [3.63, 3.8) is 0 Å². The minimum Gasteiger partial charge on any atom is -0.352 e. The van der Waals surface area contributed by atoms with E-state index in [1.54, 1.807) is 6.20 Å². The van der Waals surface area contributed by atoms with E-state index in [1.807, 2.05) is 20.8 Å². The van der Waals surface area contributed by atoms with E-state index < -0.39 is 11.7 Å². The predicted octanol–water partition coefficient (Wildman–Crippen LogP) is 2.78. The van der Waals surface area contributed by atoms with Gasteiger partial charge in [-0.1, -0.05) is 19.9 Å². The van der Waals surface area contributed by atoms with Gasteiger partial charge in [0.1, 0.15) is 17.7 Å². The van der Waals surface area contributed by atoms with Gasteiger partial charge in [0.05, 0.1) is 23.9 Å². The Labute approximate surface area is 172 Å². The monoisotopic (exact) mass is 414 g/mol. The first-order valence-electron chi connectivity index (χ1n) is 9.42. The molecule has 0 radical (unpaired) electrons. The number of hydrogen-bond acceptors (Lipinski definition) is 6. The van der Waals surface area contributed by atoms with E-state index in [0.29, 0.717) is 23.2 Å². The van der Waals surface area contributed by atoms with Crippen LogP contribution in [-0.2, 0) is 4.84 Å². The lowest BCUT2D eigenvalue weighted by Gasteiger charge is -2.14. The van der Waals surface area contributed by atoms with Crippen LogP contribution in [0.1, 0.15) is 53.0 Å². The maximum absolute atomic E-state index is 14.6. The maximum Gasteiger partial charge on any atom is 0.277 e. The lowest BCUT2D eigenvalue weighted by atomic mass is 9.99. The highest BCUT2D eigenvalue weighted by Gasteiger charge is 2.24. The standard InChI is InChI=1S/C20H23FN6O3/c1-5-22-19(28)13-9-27-17(15(13)11(2)3)18(23-10-24-27)25-16-12(20(29)26-30-4)7-6-8-14(16)21/h6-11H,5H2,1-4H3,(H,22,28)(H,26,29)(H,23,24,25). The third kappa shape index (κ3) is 3.94. The first kappa shape index (κ1) is 21.2. The Morgan fingerprint density at radius 2 is 2.00 bits per heavy atom. The van der Waals surface area contributed by atoms with E-state index in [-0.39, 0.29) is 28.9 Å². The summed E-state index contributed by atoms with van der Waals surface area (Å²) in [4.78, 5) is 33.7. The highest BCUT2D eigenvalue weighted by Crippen LogP contribution is 2.32. The van der Waals surface area contributed by atoms with Crippen molar-refractivity contribution < 1.29 is 18.8 Å². The van der Waals surface area contributed by atoms with Gasteiger partial charge >= 0.3 is 0 Å². The molecule has 10 heteroatoms. The predicted molar refractivity (Wildman–Crippen MR) is 109 cm³/mol. The summed E-state index contributed by atoms with van der Waals surface area (Å²) in [5.41, 5.74) is 3.84. The van der Waals surface area contributed by atoms with Crippen LogP contribution in [0.3, 0.4) is 0 Å². The van der Waals surface area contributed by atoms with Gasteiger partial charge in [0, 0.05) is 12.7 Å². The molecule has 3 N–H and O–H groups in total. The van der Waals surface area contributed by atoms with Crippen molar-refractivity contribution in [2.45, 2.75) is 26.7 Å². The summed E-state index contributed by atoms with van der Waals surface area (Å²) in [5, 5.41) is 9.89. The van der Waals surface area contributed by atoms with E-state index in [4.69, 9.17) is 0 Å². The van der Waals surface area contributed by atoms with Gasteiger partial charge < -0.3 is 10.6 Å². The summed E-state index contributed by atoms with van der Waals surface area (Å²) in [6.07, 6.45) is 2.90. The van der Waals surface area contributed by atoms with Crippen LogP contribution >= 0.6 is 0 Å². The largest absolute Gasteiger partial charge is 0.352 e. The van der Waals surface area contributed by atoms with Crippen molar-refractivity contribution in [1.82, 2.24) is 25.4 Å². The molecule has 0 spiro atoms. The second kappa shape index (κ2) is 8.87. The molecule has 0 unspecified atom stereocenters. The molecule has 1 aromatic carbocycles. The molecule has 0 fully saturated rings. The molecule has 9 nitrogen and oxygen atoms in total. The number of hydrogen-bond donors (Lipinski definition) is 3. The average molecular weight is 414 g/mol. The number of benzene rings is 1. The Morgan fingerprint density at radius 1 is 1.23 bits per heavy atom. The number of rotatable bonds is 7. The summed E-state index contributed by atoms with van der Waals surface area (Å²) in [7, 11) is 1.29. The van der Waals surface area contributed by atoms with Crippen molar-refractivity contribution >= 4 is 28.8 Å². The Bertz CT molecular complexity index is 1100. The van der Waals surface area contributed by atoms with E-state index >= 15 is 0 Å². The number of nitrogens with one attached hydrogen (secondary N) is 3. The zero-order valence-corrected chi connectivity index (χ0v) is 17.1. The van der Waals surface area contributed by atoms with Gasteiger partial charge in [-0.3, -0.25) is 14.4 Å². The fourth-order valence-electron chi connectivity index (χ4n) is 3.25. The molecule has 0 saturated heterocycles. The van der Waals surface area contributed by atoms with E-state index in [2.05, 4.69) is 31.0 Å². The molecule has 0 aliphatic carbocycles. The van der Waals surface area contributed by atoms with Crippen molar-refractivity contribution in [1.29, 1.82) is 0 Å². The number of carbonyl (C=O) groups excluding carboxylic acids is 2. The van der Waals surface area contributed by atoms with Crippen molar-refractivity contribution in [3.8, 4) is 0 Å². The second-order valence-electron chi connectivity index (χ2n) is 6.80. The molecule has 0 atom stereocenters. The number of aromatic nitrogens is 3. The van der Waals surface area contributed by atoms with Gasteiger partial charge in [-0.05, 0) is 30.5 Å². The number of hydroxylamine groups is 1. The lowest BCUT2D eigenvalue weighted by Crippen LogP contribution is -2.23. The minimum absolute atomic E-state index is 0.0372. The molecule has 158 valence electrons. The summed E-state index contributed by atoms with van der Waals surface area (Å²) in [6.45, 7) is 6.19. The van der Waals surface area contributed by atoms with Gasteiger partial charge in [0.15, 0.2) is 5.82 Å². The zero-order valence-electron chi connectivity index (χ0n) is 17.1. The van der Waals surface area contributed by atoms with Crippen LogP contribution in [-0.4, -0.2) is 40.1 Å². The highest BCUT2D eigenvalue weighted by molar-refractivity contribution is 6.02. The number of amides is 2. The molecule has 0 aliphatic rings. The van der Waals surface area contributed by atoms with E-state index in [9.17, 15) is 14.0 Å². The summed E-state index contributed by atoms with van der Waals surface area (Å²) in [5.74, 6) is -1.27. The van der Waals surface area contributed by atoms with Gasteiger partial charge in [0.25, 0.3) is 11.8 Å². The first-order chi connectivity index (χ1) is 14.4. The van der Waals surface area contributed by atoms with Gasteiger partial charge in [0.2, 0.25) is 0 Å². The number of carbonyl (C=O) groups is 2. The highest BCUT2D eigenvalue weighted by atomic mass is 19.1. The Hall–Kier alpha value is -3.53. The minimum atomic E-state index is -0.642. The molecule has 0 saturated carbocycles. The molecule has 3 rings (SSSR count). The molecular weight excluding hydrogens is 391 g/mol.